The van der Waals surface area contributed by atoms with E-state index >= 15 is 0 Å². The van der Waals surface area contributed by atoms with E-state index in [1.54, 1.807) is 6.07 Å². The van der Waals surface area contributed by atoms with Gasteiger partial charge in [0.2, 0.25) is 0 Å². The molecule has 0 aromatic heterocycles. The van der Waals surface area contributed by atoms with Gasteiger partial charge < -0.3 is 10.4 Å². The Morgan fingerprint density at radius 1 is 1.53 bits per heavy atom. The molecule has 94 valence electrons. The molecule has 1 rings (SSSR count). The van der Waals surface area contributed by atoms with Crippen LogP contribution in [0, 0.1) is 5.82 Å². The molecule has 0 heterocycles. The first-order valence-electron chi connectivity index (χ1n) is 5.40. The molecule has 0 bridgehead atoms. The highest BCUT2D eigenvalue weighted by Gasteiger charge is 2.11. The molecule has 1 aromatic carbocycles. The number of aliphatic hydroxyl groups excluding tert-OH is 1. The zero-order valence-electron chi connectivity index (χ0n) is 9.54. The lowest BCUT2D eigenvalue weighted by Gasteiger charge is -2.13. The Bertz CT molecular complexity index is 378. The first-order chi connectivity index (χ1) is 8.02. The van der Waals surface area contributed by atoms with E-state index in [0.717, 1.165) is 0 Å². The summed E-state index contributed by atoms with van der Waals surface area (Å²) in [5, 5.41) is 11.4. The molecule has 0 fully saturated rings. The zero-order valence-corrected chi connectivity index (χ0v) is 11.1. The number of carbonyl (C=O) groups is 1. The van der Waals surface area contributed by atoms with Crippen LogP contribution >= 0.6 is 15.9 Å². The second-order valence-corrected chi connectivity index (χ2v) is 4.81. The molecule has 17 heavy (non-hydrogen) atoms. The molecule has 2 N–H and O–H groups in total. The molecule has 3 nitrogen and oxygen atoms in total. The molecule has 0 radical (unpaired) electrons. The second-order valence-electron chi connectivity index (χ2n) is 3.90. The average Bonchev–Trinajstić information content (AvgIpc) is 2.25. The predicted molar refractivity (Wildman–Crippen MR) is 67.3 cm³/mol. The Labute approximate surface area is 108 Å². The van der Waals surface area contributed by atoms with Crippen molar-refractivity contribution in [1.82, 2.24) is 5.32 Å². The highest BCUT2D eigenvalue weighted by molar-refractivity contribution is 9.10. The summed E-state index contributed by atoms with van der Waals surface area (Å²) in [7, 11) is 0. The molecule has 1 atom stereocenters. The number of rotatable bonds is 5. The van der Waals surface area contributed by atoms with Crippen LogP contribution in [0.3, 0.4) is 0 Å². The van der Waals surface area contributed by atoms with Crippen molar-refractivity contribution in [2.45, 2.75) is 25.8 Å². The number of halogens is 2. The molecule has 1 unspecified atom stereocenters. The van der Waals surface area contributed by atoms with Gasteiger partial charge in [0.05, 0.1) is 0 Å². The van der Waals surface area contributed by atoms with E-state index in [1.807, 2.05) is 6.92 Å². The van der Waals surface area contributed by atoms with Gasteiger partial charge in [0, 0.05) is 22.7 Å². The Morgan fingerprint density at radius 2 is 2.24 bits per heavy atom. The third kappa shape index (κ3) is 4.83. The summed E-state index contributed by atoms with van der Waals surface area (Å²) in [6.45, 7) is 1.95. The van der Waals surface area contributed by atoms with E-state index in [0.29, 0.717) is 17.3 Å². The van der Waals surface area contributed by atoms with Crippen LogP contribution in [0.5, 0.6) is 0 Å². The number of amides is 1. The van der Waals surface area contributed by atoms with Crippen molar-refractivity contribution in [3.05, 3.63) is 34.1 Å². The normalized spacial score (nSPS) is 12.2. The highest BCUT2D eigenvalue weighted by atomic mass is 79.9. The van der Waals surface area contributed by atoms with E-state index in [1.165, 1.54) is 12.1 Å². The van der Waals surface area contributed by atoms with Crippen LogP contribution in [0.25, 0.3) is 0 Å². The lowest BCUT2D eigenvalue weighted by Crippen LogP contribution is -2.32. The van der Waals surface area contributed by atoms with Crippen molar-refractivity contribution in [2.24, 2.45) is 0 Å². The van der Waals surface area contributed by atoms with Gasteiger partial charge in [0.15, 0.2) is 0 Å². The fourth-order valence-corrected chi connectivity index (χ4v) is 1.93. The van der Waals surface area contributed by atoms with Crippen molar-refractivity contribution >= 4 is 21.8 Å². The van der Waals surface area contributed by atoms with E-state index in [4.69, 9.17) is 5.11 Å². The van der Waals surface area contributed by atoms with Crippen LogP contribution < -0.4 is 5.32 Å². The van der Waals surface area contributed by atoms with Crippen molar-refractivity contribution in [1.29, 1.82) is 0 Å². The number of aliphatic hydroxyl groups is 1. The number of hydrogen-bond donors (Lipinski definition) is 2. The molecule has 1 amide bonds. The molecule has 0 saturated carbocycles. The van der Waals surface area contributed by atoms with Gasteiger partial charge >= 0.3 is 0 Å². The maximum absolute atomic E-state index is 13.1. The molecule has 1 aromatic rings. The summed E-state index contributed by atoms with van der Waals surface area (Å²) in [4.78, 5) is 11.8. The monoisotopic (exact) mass is 303 g/mol. The number of carbonyl (C=O) groups excluding carboxylic acids is 1. The number of nitrogens with one attached hydrogen (secondary N) is 1. The maximum Gasteiger partial charge on any atom is 0.251 e. The molecule has 0 spiro atoms. The molecule has 0 aliphatic rings. The maximum atomic E-state index is 13.1. The standard InChI is InChI=1S/C12H15BrFNO2/c1-8(3-2-4-16)15-12(17)9-5-10(13)7-11(14)6-9/h5-8,16H,2-4H2,1H3,(H,15,17). The summed E-state index contributed by atoms with van der Waals surface area (Å²) in [5.41, 5.74) is 0.285. The van der Waals surface area contributed by atoms with Crippen molar-refractivity contribution in [2.75, 3.05) is 6.61 Å². The zero-order chi connectivity index (χ0) is 12.8. The van der Waals surface area contributed by atoms with Gasteiger partial charge in [-0.2, -0.15) is 0 Å². The summed E-state index contributed by atoms with van der Waals surface area (Å²) in [6.07, 6.45) is 1.33. The molecule has 5 heteroatoms. The third-order valence-corrected chi connectivity index (χ3v) is 2.76. The predicted octanol–water partition coefficient (Wildman–Crippen LogP) is 2.48. The van der Waals surface area contributed by atoms with Gasteiger partial charge in [-0.15, -0.1) is 0 Å². The quantitative estimate of drug-likeness (QED) is 0.878. The first-order valence-corrected chi connectivity index (χ1v) is 6.20. The van der Waals surface area contributed by atoms with Crippen LogP contribution in [-0.4, -0.2) is 23.7 Å². The topological polar surface area (TPSA) is 49.3 Å². The van der Waals surface area contributed by atoms with Crippen LogP contribution in [-0.2, 0) is 0 Å². The largest absolute Gasteiger partial charge is 0.396 e. The smallest absolute Gasteiger partial charge is 0.251 e. The minimum absolute atomic E-state index is 0.0447. The Hall–Kier alpha value is -0.940. The third-order valence-electron chi connectivity index (χ3n) is 2.30. The highest BCUT2D eigenvalue weighted by Crippen LogP contribution is 2.15. The van der Waals surface area contributed by atoms with Gasteiger partial charge in [-0.05, 0) is 38.0 Å². The molecular formula is C12H15BrFNO2. The number of hydrogen-bond acceptors (Lipinski definition) is 2. The summed E-state index contributed by atoms with van der Waals surface area (Å²) in [6, 6.07) is 4.01. The van der Waals surface area contributed by atoms with Gasteiger partial charge in [0.25, 0.3) is 5.91 Å². The SMILES string of the molecule is CC(CCCO)NC(=O)c1cc(F)cc(Br)c1. The van der Waals surface area contributed by atoms with E-state index in [9.17, 15) is 9.18 Å². The molecular weight excluding hydrogens is 289 g/mol. The fraction of sp³-hybridized carbons (Fsp3) is 0.417. The van der Waals surface area contributed by atoms with Crippen LogP contribution in [0.1, 0.15) is 30.1 Å². The first kappa shape index (κ1) is 14.1. The van der Waals surface area contributed by atoms with Gasteiger partial charge in [0.1, 0.15) is 5.82 Å². The van der Waals surface area contributed by atoms with Crippen LogP contribution in [0.4, 0.5) is 4.39 Å². The summed E-state index contributed by atoms with van der Waals surface area (Å²) >= 11 is 3.14. The summed E-state index contributed by atoms with van der Waals surface area (Å²) in [5.74, 6) is -0.761. The van der Waals surface area contributed by atoms with Crippen molar-refractivity contribution in [3.63, 3.8) is 0 Å². The summed E-state index contributed by atoms with van der Waals surface area (Å²) < 4.78 is 13.6. The lowest BCUT2D eigenvalue weighted by molar-refractivity contribution is 0.0936. The average molecular weight is 304 g/mol. The Balaban J connectivity index is 2.63. The van der Waals surface area contributed by atoms with Gasteiger partial charge in [-0.1, -0.05) is 15.9 Å². The molecule has 0 aliphatic heterocycles. The fourth-order valence-electron chi connectivity index (χ4n) is 1.46. The number of benzene rings is 1. The molecule has 0 aliphatic carbocycles. The Kier molecular flexibility index (Phi) is 5.58. The van der Waals surface area contributed by atoms with Gasteiger partial charge in [-0.3, -0.25) is 4.79 Å². The van der Waals surface area contributed by atoms with E-state index in [2.05, 4.69) is 21.2 Å². The second kappa shape index (κ2) is 6.71. The Morgan fingerprint density at radius 3 is 2.82 bits per heavy atom. The van der Waals surface area contributed by atoms with Gasteiger partial charge in [-0.25, -0.2) is 4.39 Å². The van der Waals surface area contributed by atoms with Crippen molar-refractivity contribution in [3.8, 4) is 0 Å². The van der Waals surface area contributed by atoms with E-state index in [-0.39, 0.29) is 24.1 Å². The molecule has 0 saturated heterocycles. The van der Waals surface area contributed by atoms with Crippen LogP contribution in [0.2, 0.25) is 0 Å². The minimum atomic E-state index is -0.451. The lowest BCUT2D eigenvalue weighted by atomic mass is 10.1. The van der Waals surface area contributed by atoms with Crippen molar-refractivity contribution < 1.29 is 14.3 Å². The van der Waals surface area contributed by atoms with Crippen LogP contribution in [0.15, 0.2) is 22.7 Å². The minimum Gasteiger partial charge on any atom is -0.396 e. The van der Waals surface area contributed by atoms with E-state index < -0.39 is 5.82 Å².